The lowest BCUT2D eigenvalue weighted by atomic mass is 9.96. The third kappa shape index (κ3) is 8.98. The van der Waals surface area contributed by atoms with Crippen molar-refractivity contribution in [2.24, 2.45) is 5.92 Å². The van der Waals surface area contributed by atoms with E-state index in [-0.39, 0.29) is 11.0 Å². The van der Waals surface area contributed by atoms with Crippen molar-refractivity contribution in [1.29, 1.82) is 0 Å². The molecule has 0 aromatic carbocycles. The summed E-state index contributed by atoms with van der Waals surface area (Å²) in [6, 6.07) is 0. The van der Waals surface area contributed by atoms with Gasteiger partial charge < -0.3 is 0 Å². The Labute approximate surface area is 100 Å². The van der Waals surface area contributed by atoms with Gasteiger partial charge in [-0.25, -0.2) is 0 Å². The van der Waals surface area contributed by atoms with Crippen LogP contribution in [-0.4, -0.2) is 5.12 Å². The van der Waals surface area contributed by atoms with Gasteiger partial charge in [0, 0.05) is 5.92 Å². The molecule has 0 aliphatic rings. The maximum atomic E-state index is 11.3. The Morgan fingerprint density at radius 1 is 0.933 bits per heavy atom. The van der Waals surface area contributed by atoms with Crippen LogP contribution in [0.5, 0.6) is 0 Å². The second kappa shape index (κ2) is 10.5. The van der Waals surface area contributed by atoms with Crippen molar-refractivity contribution >= 4 is 17.7 Å². The molecule has 0 spiro atoms. The number of carbonyl (C=O) groups is 1. The molecule has 1 nitrogen and oxygen atoms in total. The zero-order valence-corrected chi connectivity index (χ0v) is 11.2. The molecule has 1 atom stereocenters. The van der Waals surface area contributed by atoms with Crippen LogP contribution in [0.2, 0.25) is 0 Å². The molecule has 2 heteroatoms. The molecule has 0 saturated heterocycles. The van der Waals surface area contributed by atoms with E-state index in [4.69, 9.17) is 0 Å². The van der Waals surface area contributed by atoms with Gasteiger partial charge in [-0.3, -0.25) is 4.79 Å². The standard InChI is InChI=1S/C13H26OS/c1-3-5-7-9-11-12(13(14)15)10-8-6-4-2/h12H,3-11H2,1-2H3,(H,14,15). The van der Waals surface area contributed by atoms with E-state index in [9.17, 15) is 4.79 Å². The fourth-order valence-electron chi connectivity index (χ4n) is 1.85. The molecule has 0 amide bonds. The molecule has 0 heterocycles. The first-order chi connectivity index (χ1) is 7.22. The SMILES string of the molecule is CCCCCCC(CCCCC)C(=O)S. The largest absolute Gasteiger partial charge is 0.287 e. The van der Waals surface area contributed by atoms with Crippen LogP contribution < -0.4 is 0 Å². The molecule has 0 fully saturated rings. The molecule has 0 radical (unpaired) electrons. The Balaban J connectivity index is 3.59. The smallest absolute Gasteiger partial charge is 0.188 e. The van der Waals surface area contributed by atoms with E-state index in [1.54, 1.807) is 0 Å². The van der Waals surface area contributed by atoms with Crippen LogP contribution in [0, 0.1) is 5.92 Å². The Morgan fingerprint density at radius 2 is 1.40 bits per heavy atom. The molecule has 0 aliphatic carbocycles. The molecule has 0 rings (SSSR count). The summed E-state index contributed by atoms with van der Waals surface area (Å²) in [5.74, 6) is 0.219. The maximum absolute atomic E-state index is 11.3. The van der Waals surface area contributed by atoms with Crippen LogP contribution in [-0.2, 0) is 4.79 Å². The topological polar surface area (TPSA) is 17.1 Å². The van der Waals surface area contributed by atoms with Gasteiger partial charge in [0.2, 0.25) is 0 Å². The van der Waals surface area contributed by atoms with Crippen molar-refractivity contribution < 1.29 is 4.79 Å². The number of thiol groups is 1. The van der Waals surface area contributed by atoms with Gasteiger partial charge in [-0.05, 0) is 12.8 Å². The molecule has 0 N–H and O–H groups in total. The highest BCUT2D eigenvalue weighted by Crippen LogP contribution is 2.20. The second-order valence-corrected chi connectivity index (χ2v) is 4.82. The summed E-state index contributed by atoms with van der Waals surface area (Å²) in [4.78, 5) is 11.3. The van der Waals surface area contributed by atoms with E-state index < -0.39 is 0 Å². The van der Waals surface area contributed by atoms with Crippen molar-refractivity contribution in [3.63, 3.8) is 0 Å². The van der Waals surface area contributed by atoms with Gasteiger partial charge in [-0.2, -0.15) is 0 Å². The van der Waals surface area contributed by atoms with Crippen molar-refractivity contribution in [3.05, 3.63) is 0 Å². The van der Waals surface area contributed by atoms with E-state index >= 15 is 0 Å². The first-order valence-electron chi connectivity index (χ1n) is 6.45. The third-order valence-electron chi connectivity index (χ3n) is 2.91. The molecule has 0 aromatic rings. The Kier molecular flexibility index (Phi) is 10.5. The van der Waals surface area contributed by atoms with Crippen molar-refractivity contribution in [3.8, 4) is 0 Å². The Hall–Kier alpha value is 0.0200. The van der Waals surface area contributed by atoms with E-state index in [0.29, 0.717) is 0 Å². The number of hydrogen-bond donors (Lipinski definition) is 1. The lowest BCUT2D eigenvalue weighted by Gasteiger charge is -2.12. The van der Waals surface area contributed by atoms with Crippen molar-refractivity contribution in [2.75, 3.05) is 0 Å². The van der Waals surface area contributed by atoms with Gasteiger partial charge in [0.25, 0.3) is 0 Å². The van der Waals surface area contributed by atoms with Crippen LogP contribution in [0.25, 0.3) is 0 Å². The van der Waals surface area contributed by atoms with Crippen LogP contribution in [0.3, 0.4) is 0 Å². The van der Waals surface area contributed by atoms with Crippen LogP contribution in [0.4, 0.5) is 0 Å². The predicted molar refractivity (Wildman–Crippen MR) is 70.4 cm³/mol. The molecule has 0 bridgehead atoms. The minimum atomic E-state index is 0.0996. The summed E-state index contributed by atoms with van der Waals surface area (Å²) >= 11 is 3.98. The molecule has 0 saturated carbocycles. The van der Waals surface area contributed by atoms with Crippen molar-refractivity contribution in [1.82, 2.24) is 0 Å². The lowest BCUT2D eigenvalue weighted by molar-refractivity contribution is -0.114. The van der Waals surface area contributed by atoms with Gasteiger partial charge in [-0.1, -0.05) is 58.8 Å². The lowest BCUT2D eigenvalue weighted by Crippen LogP contribution is -2.08. The molecule has 0 aliphatic heterocycles. The molecule has 15 heavy (non-hydrogen) atoms. The van der Waals surface area contributed by atoms with Gasteiger partial charge in [0.05, 0.1) is 0 Å². The van der Waals surface area contributed by atoms with Crippen LogP contribution in [0.1, 0.15) is 71.6 Å². The fraction of sp³-hybridized carbons (Fsp3) is 0.923. The normalized spacial score (nSPS) is 12.7. The third-order valence-corrected chi connectivity index (χ3v) is 3.28. The quantitative estimate of drug-likeness (QED) is 0.428. The fourth-order valence-corrected chi connectivity index (χ4v) is 2.11. The monoisotopic (exact) mass is 230 g/mol. The zero-order chi connectivity index (χ0) is 11.5. The number of rotatable bonds is 10. The zero-order valence-electron chi connectivity index (χ0n) is 10.3. The molecular formula is C13H26OS. The number of hydrogen-bond acceptors (Lipinski definition) is 1. The molecule has 0 aromatic heterocycles. The number of unbranched alkanes of at least 4 members (excludes halogenated alkanes) is 5. The summed E-state index contributed by atoms with van der Waals surface area (Å²) < 4.78 is 0. The molecule has 90 valence electrons. The molecular weight excluding hydrogens is 204 g/mol. The predicted octanol–water partition coefficient (Wildman–Crippen LogP) is 4.61. The van der Waals surface area contributed by atoms with E-state index in [2.05, 4.69) is 26.5 Å². The van der Waals surface area contributed by atoms with Crippen LogP contribution >= 0.6 is 12.6 Å². The Bertz CT molecular complexity index is 157. The minimum Gasteiger partial charge on any atom is -0.287 e. The summed E-state index contributed by atoms with van der Waals surface area (Å²) in [5.41, 5.74) is 0. The van der Waals surface area contributed by atoms with Gasteiger partial charge in [0.15, 0.2) is 5.12 Å². The summed E-state index contributed by atoms with van der Waals surface area (Å²) in [6.45, 7) is 4.40. The highest BCUT2D eigenvalue weighted by molar-refractivity contribution is 7.96. The summed E-state index contributed by atoms with van der Waals surface area (Å²) in [5, 5.41) is 0.0996. The van der Waals surface area contributed by atoms with E-state index in [0.717, 1.165) is 12.8 Å². The highest BCUT2D eigenvalue weighted by atomic mass is 32.1. The van der Waals surface area contributed by atoms with E-state index in [1.165, 1.54) is 44.9 Å². The van der Waals surface area contributed by atoms with Gasteiger partial charge >= 0.3 is 0 Å². The van der Waals surface area contributed by atoms with Gasteiger partial charge in [0.1, 0.15) is 0 Å². The highest BCUT2D eigenvalue weighted by Gasteiger charge is 2.13. The average molecular weight is 230 g/mol. The Morgan fingerprint density at radius 3 is 1.87 bits per heavy atom. The van der Waals surface area contributed by atoms with Gasteiger partial charge in [-0.15, -0.1) is 12.6 Å². The first-order valence-corrected chi connectivity index (χ1v) is 6.89. The maximum Gasteiger partial charge on any atom is 0.188 e. The first kappa shape index (κ1) is 15.0. The minimum absolute atomic E-state index is 0.0996. The van der Waals surface area contributed by atoms with Crippen molar-refractivity contribution in [2.45, 2.75) is 71.6 Å². The molecule has 1 unspecified atom stereocenters. The number of carbonyl (C=O) groups excluding carboxylic acids is 1. The van der Waals surface area contributed by atoms with E-state index in [1.807, 2.05) is 0 Å². The van der Waals surface area contributed by atoms with Crippen LogP contribution in [0.15, 0.2) is 0 Å². The second-order valence-electron chi connectivity index (χ2n) is 4.38. The summed E-state index contributed by atoms with van der Waals surface area (Å²) in [7, 11) is 0. The average Bonchev–Trinajstić information content (AvgIpc) is 2.21. The summed E-state index contributed by atoms with van der Waals surface area (Å²) in [6.07, 6.45) is 10.8.